The number of amides is 4. The topological polar surface area (TPSA) is 132 Å². The van der Waals surface area contributed by atoms with Crippen LogP contribution in [0.4, 0.5) is 4.79 Å². The van der Waals surface area contributed by atoms with Crippen molar-refractivity contribution in [2.24, 2.45) is 0 Å². The fourth-order valence-corrected chi connectivity index (χ4v) is 2.41. The molecule has 30 heavy (non-hydrogen) atoms. The van der Waals surface area contributed by atoms with Gasteiger partial charge in [0.2, 0.25) is 5.91 Å². The van der Waals surface area contributed by atoms with Crippen molar-refractivity contribution in [3.63, 3.8) is 0 Å². The minimum absolute atomic E-state index is 0.165. The summed E-state index contributed by atoms with van der Waals surface area (Å²) in [6, 6.07) is 0. The van der Waals surface area contributed by atoms with Crippen molar-refractivity contribution in [2.75, 3.05) is 66.4 Å². The van der Waals surface area contributed by atoms with Crippen LogP contribution in [0, 0.1) is 0 Å². The molecule has 0 saturated heterocycles. The second-order valence-corrected chi connectivity index (χ2v) is 6.36. The minimum Gasteiger partial charge on any atom is -0.447 e. The van der Waals surface area contributed by atoms with Crippen LogP contribution in [-0.2, 0) is 33.3 Å². The van der Waals surface area contributed by atoms with Crippen molar-refractivity contribution in [2.45, 2.75) is 19.8 Å². The molecule has 2 N–H and O–H groups in total. The van der Waals surface area contributed by atoms with E-state index in [-0.39, 0.29) is 37.3 Å². The largest absolute Gasteiger partial charge is 0.447 e. The van der Waals surface area contributed by atoms with Gasteiger partial charge < -0.3 is 29.6 Å². The van der Waals surface area contributed by atoms with Gasteiger partial charge in [0, 0.05) is 44.8 Å². The number of alkyl carbamates (subject to hydrolysis) is 1. The fourth-order valence-electron chi connectivity index (χ4n) is 2.41. The lowest BCUT2D eigenvalue weighted by atomic mass is 10.2. The molecule has 170 valence electrons. The Morgan fingerprint density at radius 1 is 0.967 bits per heavy atom. The molecule has 0 aromatic heterocycles. The van der Waals surface area contributed by atoms with Crippen LogP contribution in [0.15, 0.2) is 11.6 Å². The quantitative estimate of drug-likeness (QED) is 0.250. The van der Waals surface area contributed by atoms with Crippen LogP contribution in [0.5, 0.6) is 0 Å². The van der Waals surface area contributed by atoms with Gasteiger partial charge in [0.05, 0.1) is 33.0 Å². The number of ether oxygens (including phenoxy) is 4. The molecule has 0 aliphatic carbocycles. The number of nitrogens with one attached hydrogen (secondary N) is 2. The van der Waals surface area contributed by atoms with Gasteiger partial charge in [-0.1, -0.05) is 0 Å². The molecule has 0 aromatic rings. The zero-order chi connectivity index (χ0) is 22.2. The Labute approximate surface area is 176 Å². The summed E-state index contributed by atoms with van der Waals surface area (Å²) in [6.07, 6.45) is 1.42. The van der Waals surface area contributed by atoms with E-state index in [1.165, 1.54) is 13.2 Å². The van der Waals surface area contributed by atoms with Crippen molar-refractivity contribution in [3.05, 3.63) is 11.6 Å². The normalized spacial score (nSPS) is 13.4. The predicted octanol–water partition coefficient (Wildman–Crippen LogP) is -0.396. The van der Waals surface area contributed by atoms with Crippen molar-refractivity contribution >= 4 is 23.8 Å². The summed E-state index contributed by atoms with van der Waals surface area (Å²) < 4.78 is 20.2. The van der Waals surface area contributed by atoms with Gasteiger partial charge in [0.15, 0.2) is 0 Å². The van der Waals surface area contributed by atoms with Crippen molar-refractivity contribution in [1.29, 1.82) is 0 Å². The Kier molecular flexibility index (Phi) is 13.1. The Bertz CT molecular complexity index is 609. The molecule has 0 saturated carbocycles. The lowest BCUT2D eigenvalue weighted by molar-refractivity contribution is -0.137. The van der Waals surface area contributed by atoms with E-state index in [4.69, 9.17) is 18.9 Å². The number of methoxy groups -OCH3 is 1. The highest BCUT2D eigenvalue weighted by Crippen LogP contribution is 2.12. The van der Waals surface area contributed by atoms with Crippen molar-refractivity contribution < 1.29 is 38.1 Å². The zero-order valence-corrected chi connectivity index (χ0v) is 17.6. The molecule has 4 amide bonds. The monoisotopic (exact) mass is 429 g/mol. The molecule has 0 bridgehead atoms. The van der Waals surface area contributed by atoms with E-state index in [0.29, 0.717) is 58.1 Å². The zero-order valence-electron chi connectivity index (χ0n) is 17.6. The molecular formula is C19H31N3O8. The number of imide groups is 1. The lowest BCUT2D eigenvalue weighted by Crippen LogP contribution is -2.33. The van der Waals surface area contributed by atoms with Gasteiger partial charge in [-0.15, -0.1) is 0 Å². The molecule has 0 atom stereocenters. The third-order valence-corrected chi connectivity index (χ3v) is 3.95. The van der Waals surface area contributed by atoms with Gasteiger partial charge in [-0.05, 0) is 13.3 Å². The first kappa shape index (κ1) is 25.5. The van der Waals surface area contributed by atoms with Crippen LogP contribution in [0.3, 0.4) is 0 Å². The third-order valence-electron chi connectivity index (χ3n) is 3.95. The number of hydrogen-bond donors (Lipinski definition) is 2. The van der Waals surface area contributed by atoms with Crippen LogP contribution in [0.1, 0.15) is 19.8 Å². The molecule has 11 heteroatoms. The summed E-state index contributed by atoms with van der Waals surface area (Å²) in [4.78, 5) is 47.4. The second kappa shape index (κ2) is 15.4. The predicted molar refractivity (Wildman–Crippen MR) is 106 cm³/mol. The first-order chi connectivity index (χ1) is 14.5. The van der Waals surface area contributed by atoms with E-state index in [1.807, 2.05) is 0 Å². The SMILES string of the molecule is COCCOC(=O)NCCOCCOCCNC(=O)CCCN1C(=O)C=C(C)C1=O. The maximum absolute atomic E-state index is 11.7. The first-order valence-electron chi connectivity index (χ1n) is 9.81. The van der Waals surface area contributed by atoms with Crippen LogP contribution < -0.4 is 10.6 Å². The molecular weight excluding hydrogens is 398 g/mol. The molecule has 0 unspecified atom stereocenters. The summed E-state index contributed by atoms with van der Waals surface area (Å²) in [5.74, 6) is -0.790. The van der Waals surface area contributed by atoms with Gasteiger partial charge >= 0.3 is 6.09 Å². The van der Waals surface area contributed by atoms with Crippen molar-refractivity contribution in [1.82, 2.24) is 15.5 Å². The highest BCUT2D eigenvalue weighted by molar-refractivity contribution is 6.15. The molecule has 0 radical (unpaired) electrons. The molecule has 0 aromatic carbocycles. The van der Waals surface area contributed by atoms with Crippen molar-refractivity contribution in [3.8, 4) is 0 Å². The van der Waals surface area contributed by atoms with Crippen LogP contribution in [-0.4, -0.2) is 95.1 Å². The maximum atomic E-state index is 11.7. The van der Waals surface area contributed by atoms with Gasteiger partial charge in [0.1, 0.15) is 6.61 Å². The molecule has 1 rings (SSSR count). The minimum atomic E-state index is -0.520. The molecule has 1 aliphatic rings. The van der Waals surface area contributed by atoms with Gasteiger partial charge in [-0.2, -0.15) is 0 Å². The fraction of sp³-hybridized carbons (Fsp3) is 0.684. The number of carbonyl (C=O) groups is 4. The van der Waals surface area contributed by atoms with E-state index in [9.17, 15) is 19.2 Å². The van der Waals surface area contributed by atoms with Gasteiger partial charge in [0.25, 0.3) is 11.8 Å². The highest BCUT2D eigenvalue weighted by Gasteiger charge is 2.27. The summed E-state index contributed by atoms with van der Waals surface area (Å²) in [6.45, 7) is 4.44. The van der Waals surface area contributed by atoms with E-state index in [0.717, 1.165) is 4.90 Å². The standard InChI is InChI=1S/C19H31N3O8/c1-15-14-17(24)22(18(15)25)7-3-4-16(23)20-5-8-28-11-12-29-9-6-21-19(26)30-13-10-27-2/h14H,3-13H2,1-2H3,(H,20,23)(H,21,26). The van der Waals surface area contributed by atoms with E-state index >= 15 is 0 Å². The molecule has 1 aliphatic heterocycles. The molecule has 0 spiro atoms. The number of rotatable bonds is 16. The van der Waals surface area contributed by atoms with E-state index in [2.05, 4.69) is 10.6 Å². The van der Waals surface area contributed by atoms with Crippen LogP contribution in [0.2, 0.25) is 0 Å². The first-order valence-corrected chi connectivity index (χ1v) is 9.81. The average Bonchev–Trinajstić information content (AvgIpc) is 2.95. The van der Waals surface area contributed by atoms with E-state index < -0.39 is 6.09 Å². The Morgan fingerprint density at radius 3 is 2.23 bits per heavy atom. The Balaban J connectivity index is 1.88. The van der Waals surface area contributed by atoms with Crippen LogP contribution >= 0.6 is 0 Å². The average molecular weight is 429 g/mol. The van der Waals surface area contributed by atoms with Gasteiger partial charge in [-0.25, -0.2) is 4.79 Å². The lowest BCUT2D eigenvalue weighted by Gasteiger charge is -2.14. The Hall–Kier alpha value is -2.50. The smallest absolute Gasteiger partial charge is 0.407 e. The summed E-state index contributed by atoms with van der Waals surface area (Å²) >= 11 is 0. The summed E-state index contributed by atoms with van der Waals surface area (Å²) in [5, 5.41) is 5.24. The number of hydrogen-bond acceptors (Lipinski definition) is 8. The molecule has 11 nitrogen and oxygen atoms in total. The van der Waals surface area contributed by atoms with Crippen LogP contribution in [0.25, 0.3) is 0 Å². The molecule has 1 heterocycles. The van der Waals surface area contributed by atoms with E-state index in [1.54, 1.807) is 6.92 Å². The van der Waals surface area contributed by atoms with Gasteiger partial charge in [-0.3, -0.25) is 19.3 Å². The maximum Gasteiger partial charge on any atom is 0.407 e. The summed E-state index contributed by atoms with van der Waals surface area (Å²) in [5.41, 5.74) is 0.419. The third kappa shape index (κ3) is 10.9. The Morgan fingerprint density at radius 2 is 1.63 bits per heavy atom. The summed E-state index contributed by atoms with van der Waals surface area (Å²) in [7, 11) is 1.52. The number of nitrogens with zero attached hydrogens (tertiary/aromatic N) is 1. The number of carbonyl (C=O) groups excluding carboxylic acids is 4. The second-order valence-electron chi connectivity index (χ2n) is 6.36. The highest BCUT2D eigenvalue weighted by atomic mass is 16.6. The molecule has 0 fully saturated rings.